The standard InChI is InChI=1S/C12H15FN2/c1-12(2)7-14-11(15-8-12)9-5-3-4-6-10(9)13/h3-6H,7-8H2,1-2H3,(H,14,15). The highest BCUT2D eigenvalue weighted by molar-refractivity contribution is 5.99. The largest absolute Gasteiger partial charge is 0.369 e. The van der Waals surface area contributed by atoms with Crippen LogP contribution in [0.5, 0.6) is 0 Å². The molecular weight excluding hydrogens is 191 g/mol. The van der Waals surface area contributed by atoms with Crippen LogP contribution in [0.1, 0.15) is 19.4 Å². The summed E-state index contributed by atoms with van der Waals surface area (Å²) in [5.41, 5.74) is 0.724. The molecule has 80 valence electrons. The summed E-state index contributed by atoms with van der Waals surface area (Å²) in [4.78, 5) is 4.38. The van der Waals surface area contributed by atoms with E-state index in [1.807, 2.05) is 6.07 Å². The molecule has 0 amide bonds. The molecule has 0 fully saturated rings. The normalized spacial score (nSPS) is 19.3. The molecule has 0 aromatic heterocycles. The first kappa shape index (κ1) is 10.1. The van der Waals surface area contributed by atoms with Gasteiger partial charge in [0, 0.05) is 18.5 Å². The van der Waals surface area contributed by atoms with Gasteiger partial charge in [0.05, 0.1) is 5.56 Å². The first-order chi connectivity index (χ1) is 7.08. The van der Waals surface area contributed by atoms with E-state index in [9.17, 15) is 4.39 Å². The molecule has 1 aromatic rings. The molecule has 0 bridgehead atoms. The number of aliphatic imine (C=N–C) groups is 1. The number of hydrogen-bond acceptors (Lipinski definition) is 2. The van der Waals surface area contributed by atoms with Gasteiger partial charge in [-0.05, 0) is 12.1 Å². The summed E-state index contributed by atoms with van der Waals surface area (Å²) in [5, 5.41) is 3.18. The molecule has 3 heteroatoms. The van der Waals surface area contributed by atoms with Crippen molar-refractivity contribution in [3.05, 3.63) is 35.6 Å². The Hall–Kier alpha value is -1.38. The van der Waals surface area contributed by atoms with Crippen molar-refractivity contribution < 1.29 is 4.39 Å². The van der Waals surface area contributed by atoms with Gasteiger partial charge in [-0.15, -0.1) is 0 Å². The lowest BCUT2D eigenvalue weighted by Gasteiger charge is -2.29. The molecular formula is C12H15FN2. The predicted molar refractivity (Wildman–Crippen MR) is 59.6 cm³/mol. The van der Waals surface area contributed by atoms with E-state index in [2.05, 4.69) is 24.2 Å². The highest BCUT2D eigenvalue weighted by atomic mass is 19.1. The third kappa shape index (κ3) is 2.17. The minimum Gasteiger partial charge on any atom is -0.369 e. The molecule has 1 aromatic carbocycles. The Kier molecular flexibility index (Phi) is 2.47. The van der Waals surface area contributed by atoms with E-state index in [1.165, 1.54) is 6.07 Å². The van der Waals surface area contributed by atoms with E-state index in [0.717, 1.165) is 13.1 Å². The van der Waals surface area contributed by atoms with E-state index in [0.29, 0.717) is 11.4 Å². The first-order valence-corrected chi connectivity index (χ1v) is 5.12. The lowest BCUT2D eigenvalue weighted by atomic mass is 9.92. The number of nitrogens with zero attached hydrogens (tertiary/aromatic N) is 1. The molecule has 0 spiro atoms. The van der Waals surface area contributed by atoms with Crippen LogP contribution in [0.25, 0.3) is 0 Å². The Morgan fingerprint density at radius 1 is 1.33 bits per heavy atom. The van der Waals surface area contributed by atoms with Crippen molar-refractivity contribution in [3.63, 3.8) is 0 Å². The second kappa shape index (κ2) is 3.65. The fourth-order valence-electron chi connectivity index (χ4n) is 1.56. The maximum atomic E-state index is 13.4. The van der Waals surface area contributed by atoms with Crippen LogP contribution in [-0.2, 0) is 0 Å². The van der Waals surface area contributed by atoms with E-state index in [4.69, 9.17) is 0 Å². The zero-order chi connectivity index (χ0) is 10.9. The van der Waals surface area contributed by atoms with Crippen molar-refractivity contribution in [1.29, 1.82) is 0 Å². The SMILES string of the molecule is CC1(C)CN=C(c2ccccc2F)NC1. The molecule has 0 saturated heterocycles. The van der Waals surface area contributed by atoms with Gasteiger partial charge in [0.1, 0.15) is 11.7 Å². The van der Waals surface area contributed by atoms with Gasteiger partial charge in [0.25, 0.3) is 0 Å². The summed E-state index contributed by atoms with van der Waals surface area (Å²) in [6.07, 6.45) is 0. The maximum Gasteiger partial charge on any atom is 0.134 e. The second-order valence-electron chi connectivity index (χ2n) is 4.66. The predicted octanol–water partition coefficient (Wildman–Crippen LogP) is 2.20. The molecule has 0 unspecified atom stereocenters. The van der Waals surface area contributed by atoms with Crippen molar-refractivity contribution in [3.8, 4) is 0 Å². The fourth-order valence-corrected chi connectivity index (χ4v) is 1.56. The molecule has 1 N–H and O–H groups in total. The minimum atomic E-state index is -0.219. The summed E-state index contributed by atoms with van der Waals surface area (Å²) < 4.78 is 13.4. The Bertz CT molecular complexity index is 396. The van der Waals surface area contributed by atoms with E-state index in [1.54, 1.807) is 12.1 Å². The molecule has 0 atom stereocenters. The molecule has 2 nitrogen and oxygen atoms in total. The molecule has 1 aliphatic rings. The Balaban J connectivity index is 2.27. The number of amidine groups is 1. The van der Waals surface area contributed by atoms with E-state index >= 15 is 0 Å². The van der Waals surface area contributed by atoms with Crippen molar-refractivity contribution in [2.24, 2.45) is 10.4 Å². The van der Waals surface area contributed by atoms with Gasteiger partial charge in [-0.25, -0.2) is 4.39 Å². The maximum absolute atomic E-state index is 13.4. The van der Waals surface area contributed by atoms with Gasteiger partial charge in [0.15, 0.2) is 0 Å². The molecule has 0 aliphatic carbocycles. The zero-order valence-corrected chi connectivity index (χ0v) is 9.05. The Labute approximate surface area is 89.2 Å². The van der Waals surface area contributed by atoms with Crippen LogP contribution < -0.4 is 5.32 Å². The van der Waals surface area contributed by atoms with Gasteiger partial charge < -0.3 is 5.32 Å². The summed E-state index contributed by atoms with van der Waals surface area (Å²) in [6, 6.07) is 6.72. The van der Waals surface area contributed by atoms with Gasteiger partial charge in [-0.1, -0.05) is 26.0 Å². The van der Waals surface area contributed by atoms with Crippen molar-refractivity contribution in [2.45, 2.75) is 13.8 Å². The van der Waals surface area contributed by atoms with Crippen LogP contribution in [0.4, 0.5) is 4.39 Å². The topological polar surface area (TPSA) is 24.4 Å². The number of hydrogen-bond donors (Lipinski definition) is 1. The molecule has 1 aliphatic heterocycles. The lowest BCUT2D eigenvalue weighted by molar-refractivity contribution is 0.362. The third-order valence-electron chi connectivity index (χ3n) is 2.53. The first-order valence-electron chi connectivity index (χ1n) is 5.12. The highest BCUT2D eigenvalue weighted by Crippen LogP contribution is 2.19. The van der Waals surface area contributed by atoms with Crippen LogP contribution in [0.3, 0.4) is 0 Å². The van der Waals surface area contributed by atoms with Crippen LogP contribution in [0.15, 0.2) is 29.3 Å². The Morgan fingerprint density at radius 2 is 2.07 bits per heavy atom. The fraction of sp³-hybridized carbons (Fsp3) is 0.417. The molecule has 0 radical (unpaired) electrons. The van der Waals surface area contributed by atoms with Crippen molar-refractivity contribution >= 4 is 5.84 Å². The van der Waals surface area contributed by atoms with E-state index in [-0.39, 0.29) is 11.2 Å². The zero-order valence-electron chi connectivity index (χ0n) is 9.05. The Morgan fingerprint density at radius 3 is 2.67 bits per heavy atom. The summed E-state index contributed by atoms with van der Waals surface area (Å²) >= 11 is 0. The van der Waals surface area contributed by atoms with Crippen LogP contribution in [0, 0.1) is 11.2 Å². The summed E-state index contributed by atoms with van der Waals surface area (Å²) in [5.74, 6) is 0.455. The smallest absolute Gasteiger partial charge is 0.134 e. The summed E-state index contributed by atoms with van der Waals surface area (Å²) in [6.45, 7) is 5.85. The average Bonchev–Trinajstić information content (AvgIpc) is 2.19. The van der Waals surface area contributed by atoms with Crippen LogP contribution >= 0.6 is 0 Å². The molecule has 1 heterocycles. The van der Waals surface area contributed by atoms with Crippen LogP contribution in [-0.4, -0.2) is 18.9 Å². The monoisotopic (exact) mass is 206 g/mol. The molecule has 15 heavy (non-hydrogen) atoms. The van der Waals surface area contributed by atoms with Gasteiger partial charge >= 0.3 is 0 Å². The van der Waals surface area contributed by atoms with E-state index < -0.39 is 0 Å². The van der Waals surface area contributed by atoms with Gasteiger partial charge in [-0.2, -0.15) is 0 Å². The number of halogens is 1. The third-order valence-corrected chi connectivity index (χ3v) is 2.53. The van der Waals surface area contributed by atoms with Crippen molar-refractivity contribution in [1.82, 2.24) is 5.32 Å². The number of nitrogens with one attached hydrogen (secondary N) is 1. The number of rotatable bonds is 1. The second-order valence-corrected chi connectivity index (χ2v) is 4.66. The number of benzene rings is 1. The molecule has 0 saturated carbocycles. The highest BCUT2D eigenvalue weighted by Gasteiger charge is 2.23. The lowest BCUT2D eigenvalue weighted by Crippen LogP contribution is -2.41. The van der Waals surface area contributed by atoms with Gasteiger partial charge in [0.2, 0.25) is 0 Å². The van der Waals surface area contributed by atoms with Crippen LogP contribution in [0.2, 0.25) is 0 Å². The average molecular weight is 206 g/mol. The van der Waals surface area contributed by atoms with Gasteiger partial charge in [-0.3, -0.25) is 4.99 Å². The minimum absolute atomic E-state index is 0.161. The van der Waals surface area contributed by atoms with Crippen molar-refractivity contribution in [2.75, 3.05) is 13.1 Å². The summed E-state index contributed by atoms with van der Waals surface area (Å²) in [7, 11) is 0. The quantitative estimate of drug-likeness (QED) is 0.748. The molecule has 2 rings (SSSR count).